The van der Waals surface area contributed by atoms with Crippen LogP contribution >= 0.6 is 0 Å². The number of nitrogens with zero attached hydrogens (tertiary/aromatic N) is 3. The maximum Gasteiger partial charge on any atom is 0.257 e. The Hall–Kier alpha value is -2.64. The highest BCUT2D eigenvalue weighted by atomic mass is 19.2. The van der Waals surface area contributed by atoms with Gasteiger partial charge in [-0.05, 0) is 6.07 Å². The van der Waals surface area contributed by atoms with Gasteiger partial charge in [-0.25, -0.2) is 8.78 Å². The van der Waals surface area contributed by atoms with Crippen molar-refractivity contribution in [3.63, 3.8) is 0 Å². The molecule has 26 heavy (non-hydrogen) atoms. The molecule has 0 saturated carbocycles. The molecule has 2 heterocycles. The smallest absolute Gasteiger partial charge is 0.257 e. The fourth-order valence-electron chi connectivity index (χ4n) is 2.98. The quantitative estimate of drug-likeness (QED) is 0.714. The normalized spacial score (nSPS) is 18.2. The second-order valence-corrected chi connectivity index (χ2v) is 6.13. The average molecular weight is 357 g/mol. The Morgan fingerprint density at radius 3 is 2.77 bits per heavy atom. The van der Waals surface area contributed by atoms with Crippen LogP contribution in [0.15, 0.2) is 53.1 Å². The highest BCUT2D eigenvalue weighted by molar-refractivity contribution is 5.53. The summed E-state index contributed by atoms with van der Waals surface area (Å²) in [6, 6.07) is 13.7. The summed E-state index contributed by atoms with van der Waals surface area (Å²) in [6.45, 7) is 1.83. The van der Waals surface area contributed by atoms with E-state index >= 15 is 0 Å². The molecule has 1 fully saturated rings. The summed E-state index contributed by atoms with van der Waals surface area (Å²) in [5.74, 6) is -0.762. The van der Waals surface area contributed by atoms with E-state index in [2.05, 4.69) is 10.1 Å². The maximum atomic E-state index is 13.9. The first-order chi connectivity index (χ1) is 12.7. The molecule has 4 rings (SSSR count). The Morgan fingerprint density at radius 2 is 1.92 bits per heavy atom. The Morgan fingerprint density at radius 1 is 1.08 bits per heavy atom. The van der Waals surface area contributed by atoms with Gasteiger partial charge >= 0.3 is 0 Å². The Labute approximate surface area is 149 Å². The molecule has 7 heteroatoms. The Kier molecular flexibility index (Phi) is 4.73. The molecule has 0 N–H and O–H groups in total. The van der Waals surface area contributed by atoms with Crippen molar-refractivity contribution in [1.82, 2.24) is 15.0 Å². The molecule has 5 nitrogen and oxygen atoms in total. The van der Waals surface area contributed by atoms with Gasteiger partial charge in [0, 0.05) is 30.8 Å². The molecule has 0 spiro atoms. The van der Waals surface area contributed by atoms with E-state index in [1.165, 1.54) is 6.07 Å². The van der Waals surface area contributed by atoms with E-state index < -0.39 is 17.7 Å². The van der Waals surface area contributed by atoms with E-state index in [0.29, 0.717) is 43.5 Å². The number of aromatic nitrogens is 2. The zero-order valence-electron chi connectivity index (χ0n) is 13.9. The predicted molar refractivity (Wildman–Crippen MR) is 90.1 cm³/mol. The molecule has 1 atom stereocenters. The summed E-state index contributed by atoms with van der Waals surface area (Å²) in [4.78, 5) is 6.40. The number of hydrogen-bond donors (Lipinski definition) is 0. The van der Waals surface area contributed by atoms with E-state index in [-0.39, 0.29) is 0 Å². The summed E-state index contributed by atoms with van der Waals surface area (Å²) in [5, 5.41) is 4.00. The third-order valence-electron chi connectivity index (χ3n) is 4.33. The van der Waals surface area contributed by atoms with E-state index in [9.17, 15) is 8.78 Å². The molecular weight excluding hydrogens is 340 g/mol. The van der Waals surface area contributed by atoms with Crippen LogP contribution in [0.4, 0.5) is 8.78 Å². The predicted octanol–water partition coefficient (Wildman–Crippen LogP) is 3.59. The van der Waals surface area contributed by atoms with Gasteiger partial charge in [0.25, 0.3) is 5.89 Å². The third kappa shape index (κ3) is 3.49. The summed E-state index contributed by atoms with van der Waals surface area (Å²) in [7, 11) is 0. The SMILES string of the molecule is Fc1cccc(CN2CCO[C@@H](c3nc(-c4ccccc4)no3)C2)c1F. The van der Waals surface area contributed by atoms with Crippen LogP contribution in [0.1, 0.15) is 17.6 Å². The van der Waals surface area contributed by atoms with Gasteiger partial charge in [0.1, 0.15) is 6.10 Å². The van der Waals surface area contributed by atoms with Crippen LogP contribution in [-0.2, 0) is 11.3 Å². The number of hydrogen-bond acceptors (Lipinski definition) is 5. The fraction of sp³-hybridized carbons (Fsp3) is 0.263. The molecular formula is C19H17F2N3O2. The highest BCUT2D eigenvalue weighted by Crippen LogP contribution is 2.25. The van der Waals surface area contributed by atoms with Crippen LogP contribution in [0.2, 0.25) is 0 Å². The van der Waals surface area contributed by atoms with Crippen molar-refractivity contribution in [3.05, 3.63) is 71.6 Å². The fourth-order valence-corrected chi connectivity index (χ4v) is 2.98. The van der Waals surface area contributed by atoms with E-state index in [1.54, 1.807) is 6.07 Å². The second kappa shape index (κ2) is 7.31. The van der Waals surface area contributed by atoms with Gasteiger partial charge in [-0.15, -0.1) is 0 Å². The minimum atomic E-state index is -0.836. The number of morpholine rings is 1. The Bertz CT molecular complexity index is 886. The van der Waals surface area contributed by atoms with Crippen molar-refractivity contribution in [2.75, 3.05) is 19.7 Å². The van der Waals surface area contributed by atoms with Gasteiger partial charge in [0.05, 0.1) is 6.61 Å². The van der Waals surface area contributed by atoms with Crippen molar-refractivity contribution in [1.29, 1.82) is 0 Å². The number of halogens is 2. The minimum Gasteiger partial charge on any atom is -0.366 e. The maximum absolute atomic E-state index is 13.9. The Balaban J connectivity index is 1.47. The van der Waals surface area contributed by atoms with Crippen LogP contribution in [0.3, 0.4) is 0 Å². The van der Waals surface area contributed by atoms with E-state index in [4.69, 9.17) is 9.26 Å². The number of benzene rings is 2. The lowest BCUT2D eigenvalue weighted by atomic mass is 10.1. The highest BCUT2D eigenvalue weighted by Gasteiger charge is 2.27. The summed E-state index contributed by atoms with van der Waals surface area (Å²) >= 11 is 0. The van der Waals surface area contributed by atoms with Crippen LogP contribution in [0.5, 0.6) is 0 Å². The van der Waals surface area contributed by atoms with Gasteiger partial charge in [-0.2, -0.15) is 4.98 Å². The molecule has 0 amide bonds. The average Bonchev–Trinajstić information content (AvgIpc) is 3.17. The number of ether oxygens (including phenoxy) is 1. The minimum absolute atomic E-state index is 0.295. The monoisotopic (exact) mass is 357 g/mol. The molecule has 134 valence electrons. The molecule has 0 unspecified atom stereocenters. The molecule has 1 aliphatic rings. The first-order valence-electron chi connectivity index (χ1n) is 8.36. The standard InChI is InChI=1S/C19H17F2N3O2/c20-15-8-4-7-14(17(15)21)11-24-9-10-25-16(12-24)19-22-18(23-26-19)13-5-2-1-3-6-13/h1-8,16H,9-12H2/t16-/m1/s1. The molecule has 0 bridgehead atoms. The van der Waals surface area contributed by atoms with Crippen molar-refractivity contribution in [2.24, 2.45) is 0 Å². The molecule has 1 aliphatic heterocycles. The van der Waals surface area contributed by atoms with Gasteiger partial charge in [0.2, 0.25) is 5.82 Å². The molecule has 3 aromatic rings. The van der Waals surface area contributed by atoms with Crippen LogP contribution in [-0.4, -0.2) is 34.7 Å². The van der Waals surface area contributed by atoms with Gasteiger partial charge in [-0.3, -0.25) is 4.90 Å². The molecule has 1 saturated heterocycles. The van der Waals surface area contributed by atoms with E-state index in [1.807, 2.05) is 35.2 Å². The van der Waals surface area contributed by atoms with Crippen molar-refractivity contribution in [3.8, 4) is 11.4 Å². The molecule has 0 aliphatic carbocycles. The summed E-state index contributed by atoms with van der Waals surface area (Å²) in [5.41, 5.74) is 1.18. The largest absolute Gasteiger partial charge is 0.366 e. The van der Waals surface area contributed by atoms with Crippen molar-refractivity contribution < 1.29 is 18.0 Å². The lowest BCUT2D eigenvalue weighted by molar-refractivity contribution is -0.0477. The lowest BCUT2D eigenvalue weighted by Crippen LogP contribution is -2.38. The molecule has 2 aromatic carbocycles. The van der Waals surface area contributed by atoms with E-state index in [0.717, 1.165) is 11.6 Å². The van der Waals surface area contributed by atoms with Crippen molar-refractivity contribution >= 4 is 0 Å². The zero-order valence-corrected chi connectivity index (χ0v) is 13.9. The van der Waals surface area contributed by atoms with Crippen LogP contribution < -0.4 is 0 Å². The topological polar surface area (TPSA) is 51.4 Å². The molecule has 0 radical (unpaired) electrons. The summed E-state index contributed by atoms with van der Waals surface area (Å²) < 4.78 is 38.4. The van der Waals surface area contributed by atoms with Crippen LogP contribution in [0, 0.1) is 11.6 Å². The zero-order chi connectivity index (χ0) is 17.9. The van der Waals surface area contributed by atoms with Crippen LogP contribution in [0.25, 0.3) is 11.4 Å². The van der Waals surface area contributed by atoms with Crippen molar-refractivity contribution in [2.45, 2.75) is 12.6 Å². The summed E-state index contributed by atoms with van der Waals surface area (Å²) in [6.07, 6.45) is -0.398. The first-order valence-corrected chi connectivity index (χ1v) is 8.36. The number of rotatable bonds is 4. The molecule has 1 aromatic heterocycles. The van der Waals surface area contributed by atoms with Gasteiger partial charge in [0.15, 0.2) is 11.6 Å². The lowest BCUT2D eigenvalue weighted by Gasteiger charge is -2.31. The first kappa shape index (κ1) is 16.8. The van der Waals surface area contributed by atoms with Gasteiger partial charge < -0.3 is 9.26 Å². The third-order valence-corrected chi connectivity index (χ3v) is 4.33. The van der Waals surface area contributed by atoms with Gasteiger partial charge in [-0.1, -0.05) is 47.6 Å². The second-order valence-electron chi connectivity index (χ2n) is 6.13.